The average molecular weight is 530 g/mol. The quantitative estimate of drug-likeness (QED) is 0.307. The first-order valence-corrected chi connectivity index (χ1v) is 12.8. The van der Waals surface area contributed by atoms with Crippen molar-refractivity contribution in [3.63, 3.8) is 0 Å². The van der Waals surface area contributed by atoms with Gasteiger partial charge in [-0.3, -0.25) is 4.79 Å². The van der Waals surface area contributed by atoms with E-state index in [4.69, 9.17) is 37.4 Å². The summed E-state index contributed by atoms with van der Waals surface area (Å²) < 4.78 is 17.9. The first-order chi connectivity index (χ1) is 17.5. The molecule has 1 aliphatic heterocycles. The van der Waals surface area contributed by atoms with Gasteiger partial charge >= 0.3 is 0 Å². The highest BCUT2D eigenvalue weighted by atomic mass is 35.5. The van der Waals surface area contributed by atoms with Gasteiger partial charge < -0.3 is 19.5 Å². The van der Waals surface area contributed by atoms with Crippen molar-refractivity contribution in [1.82, 2.24) is 15.3 Å². The van der Waals surface area contributed by atoms with Gasteiger partial charge in [-0.05, 0) is 91.7 Å². The van der Waals surface area contributed by atoms with Gasteiger partial charge in [0, 0.05) is 6.07 Å². The van der Waals surface area contributed by atoms with Crippen LogP contribution >= 0.6 is 23.2 Å². The summed E-state index contributed by atoms with van der Waals surface area (Å²) >= 11 is 9.55. The molecule has 2 aliphatic rings. The number of allylic oxidation sites excluding steroid dienone is 2. The Kier molecular flexibility index (Phi) is 9.02. The number of benzene rings is 2. The van der Waals surface area contributed by atoms with E-state index >= 15 is 0 Å². The highest BCUT2D eigenvalue weighted by Gasteiger charge is 2.18. The molecule has 3 aromatic rings. The van der Waals surface area contributed by atoms with Gasteiger partial charge in [-0.1, -0.05) is 12.1 Å². The Morgan fingerprint density at radius 3 is 2.64 bits per heavy atom. The summed E-state index contributed by atoms with van der Waals surface area (Å²) in [5, 5.41) is 3.67. The van der Waals surface area contributed by atoms with Crippen molar-refractivity contribution in [2.75, 3.05) is 32.7 Å². The summed E-state index contributed by atoms with van der Waals surface area (Å²) in [6.07, 6.45) is 7.01. The molecule has 5 rings (SSSR count). The van der Waals surface area contributed by atoms with E-state index in [1.165, 1.54) is 23.0 Å². The van der Waals surface area contributed by atoms with E-state index in [1.807, 2.05) is 18.2 Å². The number of rotatable bonds is 7. The van der Waals surface area contributed by atoms with Gasteiger partial charge in [0.1, 0.15) is 12.1 Å². The fraction of sp³-hybridized carbons (Fsp3) is 0.370. The van der Waals surface area contributed by atoms with E-state index < -0.39 is 5.24 Å². The molecule has 190 valence electrons. The zero-order chi connectivity index (χ0) is 25.5. The van der Waals surface area contributed by atoms with Crippen LogP contribution in [0.3, 0.4) is 0 Å². The number of carbonyl (C=O) groups is 1. The fourth-order valence-corrected chi connectivity index (χ4v) is 4.30. The first kappa shape index (κ1) is 26.2. The van der Waals surface area contributed by atoms with Gasteiger partial charge in [-0.2, -0.15) is 0 Å². The topological polar surface area (TPSA) is 82.6 Å². The second-order valence-electron chi connectivity index (χ2n) is 8.70. The molecule has 9 heteroatoms. The van der Waals surface area contributed by atoms with Crippen molar-refractivity contribution in [2.24, 2.45) is 5.92 Å². The molecule has 0 saturated carbocycles. The summed E-state index contributed by atoms with van der Waals surface area (Å²) in [4.78, 5) is 18.3. The van der Waals surface area contributed by atoms with Crippen molar-refractivity contribution < 1.29 is 19.0 Å². The molecule has 36 heavy (non-hydrogen) atoms. The van der Waals surface area contributed by atoms with Crippen LogP contribution in [0.25, 0.3) is 16.5 Å². The van der Waals surface area contributed by atoms with Crippen molar-refractivity contribution in [2.45, 2.75) is 26.2 Å². The number of hydrogen-bond acceptors (Lipinski definition) is 7. The monoisotopic (exact) mass is 529 g/mol. The Morgan fingerprint density at radius 2 is 1.92 bits per heavy atom. The molecule has 2 aromatic carbocycles. The van der Waals surface area contributed by atoms with Gasteiger partial charge in [0.05, 0.1) is 30.5 Å². The molecule has 0 atom stereocenters. The number of alkyl halides is 1. The lowest BCUT2D eigenvalue weighted by Gasteiger charge is -2.23. The van der Waals surface area contributed by atoms with Gasteiger partial charge in [0.15, 0.2) is 11.5 Å². The lowest BCUT2D eigenvalue weighted by atomic mass is 9.99. The van der Waals surface area contributed by atoms with Crippen LogP contribution in [0, 0.1) is 5.92 Å². The SMILES string of the molecule is COc1cc2c(Oc3ccc4c(c3)C(C)=CC4)ncnc2cc1OCC1CCNCC1.O=C(Cl)CCl. The smallest absolute Gasteiger partial charge is 0.236 e. The molecule has 0 spiro atoms. The number of halogens is 2. The molecule has 2 heterocycles. The second kappa shape index (κ2) is 12.4. The molecule has 0 amide bonds. The van der Waals surface area contributed by atoms with E-state index in [0.29, 0.717) is 29.9 Å². The zero-order valence-corrected chi connectivity index (χ0v) is 21.9. The number of methoxy groups -OCH3 is 1. The van der Waals surface area contributed by atoms with Crippen LogP contribution in [0.1, 0.15) is 30.9 Å². The van der Waals surface area contributed by atoms with Gasteiger partial charge in [-0.25, -0.2) is 9.97 Å². The maximum atomic E-state index is 9.45. The van der Waals surface area contributed by atoms with E-state index in [1.54, 1.807) is 7.11 Å². The molecule has 7 nitrogen and oxygen atoms in total. The number of hydrogen-bond donors (Lipinski definition) is 1. The number of fused-ring (bicyclic) bond motifs is 2. The molecule has 1 saturated heterocycles. The van der Waals surface area contributed by atoms with Crippen molar-refractivity contribution in [1.29, 1.82) is 0 Å². The normalized spacial score (nSPS) is 14.9. The predicted octanol–water partition coefficient (Wildman–Crippen LogP) is 5.76. The summed E-state index contributed by atoms with van der Waals surface area (Å²) in [6.45, 7) is 4.91. The molecule has 1 aromatic heterocycles. The third-order valence-corrected chi connectivity index (χ3v) is 6.78. The second-order valence-corrected chi connectivity index (χ2v) is 9.39. The van der Waals surface area contributed by atoms with Crippen LogP contribution in [0.2, 0.25) is 0 Å². The highest BCUT2D eigenvalue weighted by Crippen LogP contribution is 2.37. The van der Waals surface area contributed by atoms with Crippen LogP contribution in [-0.4, -0.2) is 47.9 Å². The number of aromatic nitrogens is 2. The molecule has 0 bridgehead atoms. The number of nitrogens with one attached hydrogen (secondary N) is 1. The highest BCUT2D eigenvalue weighted by molar-refractivity contribution is 6.67. The number of piperidine rings is 1. The molecular formula is C27H29Cl2N3O4. The Balaban J connectivity index is 0.000000556. The van der Waals surface area contributed by atoms with E-state index in [-0.39, 0.29) is 5.88 Å². The minimum absolute atomic E-state index is 0.0957. The average Bonchev–Trinajstić information content (AvgIpc) is 3.28. The summed E-state index contributed by atoms with van der Waals surface area (Å²) in [5.41, 5.74) is 4.62. The maximum absolute atomic E-state index is 9.45. The molecule has 1 aliphatic carbocycles. The Bertz CT molecular complexity index is 1260. The summed E-state index contributed by atoms with van der Waals surface area (Å²) in [6, 6.07) is 10.0. The number of carbonyl (C=O) groups excluding carboxylic acids is 1. The van der Waals surface area contributed by atoms with E-state index in [2.05, 4.69) is 40.4 Å². The third-order valence-electron chi connectivity index (χ3n) is 6.27. The first-order valence-electron chi connectivity index (χ1n) is 11.9. The van der Waals surface area contributed by atoms with Crippen LogP contribution in [-0.2, 0) is 11.2 Å². The van der Waals surface area contributed by atoms with Crippen LogP contribution in [0.4, 0.5) is 0 Å². The van der Waals surface area contributed by atoms with E-state index in [9.17, 15) is 4.79 Å². The largest absolute Gasteiger partial charge is 0.493 e. The zero-order valence-electron chi connectivity index (χ0n) is 20.4. The van der Waals surface area contributed by atoms with Crippen molar-refractivity contribution in [3.05, 3.63) is 53.9 Å². The maximum Gasteiger partial charge on any atom is 0.236 e. The number of ether oxygens (including phenoxy) is 3. The summed E-state index contributed by atoms with van der Waals surface area (Å²) in [5.74, 6) is 3.10. The Hall–Kier alpha value is -2.87. The minimum Gasteiger partial charge on any atom is -0.493 e. The molecule has 1 fully saturated rings. The third kappa shape index (κ3) is 6.46. The molecule has 0 radical (unpaired) electrons. The van der Waals surface area contributed by atoms with Crippen molar-refractivity contribution in [3.8, 4) is 23.1 Å². The van der Waals surface area contributed by atoms with Gasteiger partial charge in [-0.15, -0.1) is 11.6 Å². The Morgan fingerprint density at radius 1 is 1.14 bits per heavy atom. The van der Waals surface area contributed by atoms with Crippen molar-refractivity contribution >= 4 is 44.9 Å². The predicted molar refractivity (Wildman–Crippen MR) is 143 cm³/mol. The van der Waals surface area contributed by atoms with Crippen LogP contribution < -0.4 is 19.5 Å². The van der Waals surface area contributed by atoms with E-state index in [0.717, 1.165) is 49.0 Å². The lowest BCUT2D eigenvalue weighted by Crippen LogP contribution is -2.30. The molecular weight excluding hydrogens is 501 g/mol. The minimum atomic E-state index is -0.508. The van der Waals surface area contributed by atoms with Crippen LogP contribution in [0.5, 0.6) is 23.1 Å². The number of nitrogens with zero attached hydrogens (tertiary/aromatic N) is 2. The van der Waals surface area contributed by atoms with Gasteiger partial charge in [0.25, 0.3) is 0 Å². The lowest BCUT2D eigenvalue weighted by molar-refractivity contribution is -0.109. The van der Waals surface area contributed by atoms with Crippen LogP contribution in [0.15, 0.2) is 42.7 Å². The van der Waals surface area contributed by atoms with Gasteiger partial charge in [0.2, 0.25) is 11.1 Å². The summed E-state index contributed by atoms with van der Waals surface area (Å²) in [7, 11) is 1.65. The molecule has 0 unspecified atom stereocenters. The fourth-order valence-electron chi connectivity index (χ4n) is 4.30. The standard InChI is InChI=1S/C25H27N3O3.C2H2Cl2O/c1-16-3-4-18-5-6-19(11-20(16)18)31-25-21-12-23(29-2)24(13-22(21)27-15-28-25)30-14-17-7-9-26-10-8-17;3-1-2(4)5/h3,5-6,11-13,15,17,26H,4,7-10,14H2,1-2H3;1H2. The molecule has 1 N–H and O–H groups in total. The Labute approximate surface area is 220 Å².